The fraction of sp³-hybridized carbons (Fsp3) is 0.941. The lowest BCUT2D eigenvalue weighted by atomic mass is 9.98. The predicted octanol–water partition coefficient (Wildman–Crippen LogP) is 1.16. The Labute approximate surface area is 135 Å². The third-order valence-electron chi connectivity index (χ3n) is 5.32. The number of piperidine rings is 1. The molecule has 2 saturated heterocycles. The summed E-state index contributed by atoms with van der Waals surface area (Å²) in [5, 5.41) is 9.42. The molecule has 0 aromatic rings. The van der Waals surface area contributed by atoms with Crippen LogP contribution in [-0.2, 0) is 4.79 Å². The fourth-order valence-electron chi connectivity index (χ4n) is 3.86. The quantitative estimate of drug-likeness (QED) is 0.828. The number of nitrogens with zero attached hydrogens (tertiary/aromatic N) is 3. The highest BCUT2D eigenvalue weighted by atomic mass is 16.3. The number of carbonyl (C=O) groups excluding carboxylic acids is 1. The number of carbonyl (C=O) groups is 1. The van der Waals surface area contributed by atoms with Crippen LogP contribution in [0.2, 0.25) is 0 Å². The molecule has 128 valence electrons. The molecule has 1 amide bonds. The first-order valence-corrected chi connectivity index (χ1v) is 8.97. The molecule has 2 aliphatic rings. The molecule has 1 N–H and O–H groups in total. The Morgan fingerprint density at radius 3 is 2.36 bits per heavy atom. The fourth-order valence-corrected chi connectivity index (χ4v) is 3.86. The Morgan fingerprint density at radius 2 is 1.82 bits per heavy atom. The molecule has 5 heteroatoms. The van der Waals surface area contributed by atoms with Crippen molar-refractivity contribution in [2.45, 2.75) is 64.6 Å². The first-order chi connectivity index (χ1) is 10.6. The van der Waals surface area contributed by atoms with Crippen molar-refractivity contribution in [2.24, 2.45) is 0 Å². The van der Waals surface area contributed by atoms with E-state index in [1.165, 1.54) is 12.8 Å². The van der Waals surface area contributed by atoms with Gasteiger partial charge in [-0.2, -0.15) is 0 Å². The Hall–Kier alpha value is -0.650. The van der Waals surface area contributed by atoms with Crippen molar-refractivity contribution in [3.05, 3.63) is 0 Å². The molecular weight excluding hydrogens is 278 g/mol. The topological polar surface area (TPSA) is 47.0 Å². The summed E-state index contributed by atoms with van der Waals surface area (Å²) in [6.07, 6.45) is 4.35. The minimum atomic E-state index is 0.0834. The zero-order valence-corrected chi connectivity index (χ0v) is 14.5. The van der Waals surface area contributed by atoms with E-state index in [1.807, 2.05) is 4.90 Å². The molecule has 2 unspecified atom stereocenters. The van der Waals surface area contributed by atoms with Gasteiger partial charge in [0.05, 0.1) is 12.6 Å². The molecule has 5 nitrogen and oxygen atoms in total. The normalized spacial score (nSPS) is 26.4. The maximum Gasteiger partial charge on any atom is 0.240 e. The van der Waals surface area contributed by atoms with Crippen LogP contribution in [0.15, 0.2) is 0 Å². The van der Waals surface area contributed by atoms with Crippen LogP contribution >= 0.6 is 0 Å². The summed E-state index contributed by atoms with van der Waals surface area (Å²) in [5.41, 5.74) is 0. The SMILES string of the molecule is CCC(CO)N1CCN(C(=O)C2CCCCN2C(C)C)CC1. The zero-order valence-electron chi connectivity index (χ0n) is 14.5. The zero-order chi connectivity index (χ0) is 16.1. The number of amides is 1. The molecule has 0 radical (unpaired) electrons. The van der Waals surface area contributed by atoms with Crippen molar-refractivity contribution in [3.8, 4) is 0 Å². The highest BCUT2D eigenvalue weighted by Gasteiger charge is 2.34. The van der Waals surface area contributed by atoms with E-state index in [4.69, 9.17) is 0 Å². The summed E-state index contributed by atoms with van der Waals surface area (Å²) < 4.78 is 0. The van der Waals surface area contributed by atoms with Crippen LogP contribution in [0, 0.1) is 0 Å². The Balaban J connectivity index is 1.91. The Morgan fingerprint density at radius 1 is 1.14 bits per heavy atom. The molecular formula is C17H33N3O2. The van der Waals surface area contributed by atoms with Crippen LogP contribution in [0.1, 0.15) is 46.5 Å². The minimum absolute atomic E-state index is 0.0834. The standard InChI is InChI=1S/C17H33N3O2/c1-4-15(13-21)18-9-11-19(12-10-18)17(22)16-7-5-6-8-20(16)14(2)3/h14-16,21H,4-13H2,1-3H3. The van der Waals surface area contributed by atoms with Gasteiger partial charge in [0.1, 0.15) is 0 Å². The van der Waals surface area contributed by atoms with Crippen LogP contribution in [-0.4, -0.2) is 83.2 Å². The molecule has 2 heterocycles. The van der Waals surface area contributed by atoms with Crippen LogP contribution in [0.5, 0.6) is 0 Å². The molecule has 22 heavy (non-hydrogen) atoms. The van der Waals surface area contributed by atoms with Crippen molar-refractivity contribution >= 4 is 5.91 Å². The highest BCUT2D eigenvalue weighted by molar-refractivity contribution is 5.82. The summed E-state index contributed by atoms with van der Waals surface area (Å²) in [7, 11) is 0. The molecule has 0 aliphatic carbocycles. The van der Waals surface area contributed by atoms with Gasteiger partial charge in [-0.15, -0.1) is 0 Å². The van der Waals surface area contributed by atoms with Gasteiger partial charge in [0.2, 0.25) is 5.91 Å². The average Bonchev–Trinajstić information content (AvgIpc) is 2.56. The molecule has 2 rings (SSSR count). The van der Waals surface area contributed by atoms with Crippen LogP contribution in [0.25, 0.3) is 0 Å². The lowest BCUT2D eigenvalue weighted by Gasteiger charge is -2.43. The van der Waals surface area contributed by atoms with Gasteiger partial charge in [-0.25, -0.2) is 0 Å². The van der Waals surface area contributed by atoms with Gasteiger partial charge < -0.3 is 10.0 Å². The second-order valence-electron chi connectivity index (χ2n) is 6.95. The average molecular weight is 311 g/mol. The third-order valence-corrected chi connectivity index (χ3v) is 5.32. The maximum atomic E-state index is 12.9. The van der Waals surface area contributed by atoms with Crippen LogP contribution in [0.3, 0.4) is 0 Å². The van der Waals surface area contributed by atoms with Gasteiger partial charge in [0.15, 0.2) is 0 Å². The molecule has 0 saturated carbocycles. The molecule has 2 aliphatic heterocycles. The molecule has 0 aromatic carbocycles. The van der Waals surface area contributed by atoms with E-state index in [-0.39, 0.29) is 18.7 Å². The lowest BCUT2D eigenvalue weighted by molar-refractivity contribution is -0.141. The maximum absolute atomic E-state index is 12.9. The van der Waals surface area contributed by atoms with E-state index in [1.54, 1.807) is 0 Å². The van der Waals surface area contributed by atoms with Gasteiger partial charge in [-0.1, -0.05) is 13.3 Å². The smallest absolute Gasteiger partial charge is 0.240 e. The van der Waals surface area contributed by atoms with Crippen molar-refractivity contribution in [1.82, 2.24) is 14.7 Å². The van der Waals surface area contributed by atoms with E-state index >= 15 is 0 Å². The minimum Gasteiger partial charge on any atom is -0.395 e. The summed E-state index contributed by atoms with van der Waals surface area (Å²) in [5.74, 6) is 0.324. The largest absolute Gasteiger partial charge is 0.395 e. The summed E-state index contributed by atoms with van der Waals surface area (Å²) >= 11 is 0. The van der Waals surface area contributed by atoms with Gasteiger partial charge in [-0.3, -0.25) is 14.6 Å². The second-order valence-corrected chi connectivity index (χ2v) is 6.95. The number of hydrogen-bond donors (Lipinski definition) is 1. The number of piperazine rings is 1. The predicted molar refractivity (Wildman–Crippen MR) is 88.8 cm³/mol. The van der Waals surface area contributed by atoms with Crippen molar-refractivity contribution in [1.29, 1.82) is 0 Å². The Bertz CT molecular complexity index is 350. The van der Waals surface area contributed by atoms with Gasteiger partial charge in [0.25, 0.3) is 0 Å². The molecule has 2 atom stereocenters. The molecule has 0 bridgehead atoms. The lowest BCUT2D eigenvalue weighted by Crippen LogP contribution is -2.58. The number of rotatable bonds is 5. The first-order valence-electron chi connectivity index (χ1n) is 8.97. The summed E-state index contributed by atoms with van der Waals surface area (Å²) in [6, 6.07) is 0.772. The van der Waals surface area contributed by atoms with E-state index in [0.717, 1.165) is 45.6 Å². The number of aliphatic hydroxyl groups is 1. The van der Waals surface area contributed by atoms with Crippen LogP contribution in [0.4, 0.5) is 0 Å². The summed E-state index contributed by atoms with van der Waals surface area (Å²) in [6.45, 7) is 11.1. The van der Waals surface area contributed by atoms with E-state index in [2.05, 4.69) is 30.6 Å². The number of hydrogen-bond acceptors (Lipinski definition) is 4. The number of aliphatic hydroxyl groups excluding tert-OH is 1. The molecule has 2 fully saturated rings. The van der Waals surface area contributed by atoms with Crippen LogP contribution < -0.4 is 0 Å². The second kappa shape index (κ2) is 8.27. The van der Waals surface area contributed by atoms with Gasteiger partial charge >= 0.3 is 0 Å². The molecule has 0 spiro atoms. The van der Waals surface area contributed by atoms with Crippen molar-refractivity contribution in [2.75, 3.05) is 39.3 Å². The first kappa shape index (κ1) is 17.7. The monoisotopic (exact) mass is 311 g/mol. The van der Waals surface area contributed by atoms with Crippen molar-refractivity contribution < 1.29 is 9.90 Å². The number of likely N-dealkylation sites (tertiary alicyclic amines) is 1. The van der Waals surface area contributed by atoms with E-state index in [0.29, 0.717) is 11.9 Å². The third kappa shape index (κ3) is 4.00. The molecule has 0 aromatic heterocycles. The van der Waals surface area contributed by atoms with Gasteiger partial charge in [-0.05, 0) is 39.7 Å². The Kier molecular flexibility index (Phi) is 6.66. The highest BCUT2D eigenvalue weighted by Crippen LogP contribution is 2.22. The van der Waals surface area contributed by atoms with Crippen molar-refractivity contribution in [3.63, 3.8) is 0 Å². The van der Waals surface area contributed by atoms with Gasteiger partial charge in [0, 0.05) is 38.3 Å². The van der Waals surface area contributed by atoms with E-state index < -0.39 is 0 Å². The van der Waals surface area contributed by atoms with E-state index in [9.17, 15) is 9.90 Å². The summed E-state index contributed by atoms with van der Waals surface area (Å²) in [4.78, 5) is 19.6.